The zero-order valence-corrected chi connectivity index (χ0v) is 11.0. The lowest BCUT2D eigenvalue weighted by atomic mass is 10.1. The van der Waals surface area contributed by atoms with Gasteiger partial charge in [-0.05, 0) is 34.9 Å². The maximum atomic E-state index is 4.17. The van der Waals surface area contributed by atoms with Gasteiger partial charge >= 0.3 is 0 Å². The first-order chi connectivity index (χ1) is 9.31. The molecule has 0 fully saturated rings. The zero-order chi connectivity index (χ0) is 13.1. The Morgan fingerprint density at radius 1 is 1.11 bits per heavy atom. The summed E-state index contributed by atoms with van der Waals surface area (Å²) in [7, 11) is 1.94. The zero-order valence-electron chi connectivity index (χ0n) is 11.0. The van der Waals surface area contributed by atoms with Gasteiger partial charge in [-0.3, -0.25) is 4.68 Å². The van der Waals surface area contributed by atoms with Crippen LogP contribution in [0.3, 0.4) is 0 Å². The van der Waals surface area contributed by atoms with Gasteiger partial charge in [0.15, 0.2) is 0 Å². The number of aryl methyl sites for hydroxylation is 1. The molecule has 0 atom stereocenters. The van der Waals surface area contributed by atoms with Crippen molar-refractivity contribution in [3.63, 3.8) is 0 Å². The first kappa shape index (κ1) is 11.8. The number of rotatable bonds is 4. The monoisotopic (exact) mass is 251 g/mol. The van der Waals surface area contributed by atoms with Crippen molar-refractivity contribution in [3.8, 4) is 0 Å². The van der Waals surface area contributed by atoms with Crippen LogP contribution in [0.25, 0.3) is 10.8 Å². The molecule has 19 heavy (non-hydrogen) atoms. The summed E-state index contributed by atoms with van der Waals surface area (Å²) in [5.74, 6) is 0. The lowest BCUT2D eigenvalue weighted by molar-refractivity contribution is 0.767. The highest BCUT2D eigenvalue weighted by Crippen LogP contribution is 2.18. The third-order valence-electron chi connectivity index (χ3n) is 3.25. The van der Waals surface area contributed by atoms with Crippen LogP contribution in [0, 0.1) is 0 Å². The third kappa shape index (κ3) is 2.76. The molecule has 2 aromatic carbocycles. The van der Waals surface area contributed by atoms with Gasteiger partial charge in [0.2, 0.25) is 0 Å². The minimum atomic E-state index is 0.921. The van der Waals surface area contributed by atoms with Gasteiger partial charge in [-0.15, -0.1) is 0 Å². The molecule has 0 aliphatic carbocycles. The predicted octanol–water partition coefficient (Wildman–Crippen LogP) is 3.23. The van der Waals surface area contributed by atoms with Crippen LogP contribution in [0.5, 0.6) is 0 Å². The van der Waals surface area contributed by atoms with Crippen LogP contribution in [0.1, 0.15) is 5.56 Å². The van der Waals surface area contributed by atoms with Gasteiger partial charge in [0.05, 0.1) is 6.20 Å². The third-order valence-corrected chi connectivity index (χ3v) is 3.25. The summed E-state index contributed by atoms with van der Waals surface area (Å²) in [5.41, 5.74) is 2.43. The Kier molecular flexibility index (Phi) is 3.19. The second-order valence-electron chi connectivity index (χ2n) is 4.76. The molecule has 0 radical (unpaired) electrons. The second kappa shape index (κ2) is 5.14. The van der Waals surface area contributed by atoms with E-state index in [9.17, 15) is 0 Å². The van der Waals surface area contributed by atoms with E-state index in [1.165, 1.54) is 22.0 Å². The van der Waals surface area contributed by atoms with Gasteiger partial charge in [-0.1, -0.05) is 30.3 Å². The van der Waals surface area contributed by atoms with Gasteiger partial charge < -0.3 is 5.32 Å². The number of hydrogen-bond acceptors (Lipinski definition) is 2. The van der Waals surface area contributed by atoms with E-state index in [1.807, 2.05) is 17.9 Å². The molecule has 1 N–H and O–H groups in total. The summed E-state index contributed by atoms with van der Waals surface area (Å²) in [6.07, 6.45) is 4.96. The normalized spacial score (nSPS) is 10.8. The molecule has 0 saturated heterocycles. The van der Waals surface area contributed by atoms with Crippen molar-refractivity contribution < 1.29 is 0 Å². The van der Waals surface area contributed by atoms with Crippen molar-refractivity contribution in [2.45, 2.75) is 6.42 Å². The van der Waals surface area contributed by atoms with Gasteiger partial charge in [-0.25, -0.2) is 0 Å². The van der Waals surface area contributed by atoms with Crippen LogP contribution in [0.15, 0.2) is 54.9 Å². The summed E-state index contributed by atoms with van der Waals surface area (Å²) in [6, 6.07) is 14.9. The van der Waals surface area contributed by atoms with Crippen LogP contribution in [0.4, 0.5) is 5.69 Å². The molecule has 1 aromatic heterocycles. The molecule has 0 aliphatic heterocycles. The van der Waals surface area contributed by atoms with E-state index in [1.54, 1.807) is 0 Å². The molecular formula is C16H17N3. The molecular weight excluding hydrogens is 234 g/mol. The minimum absolute atomic E-state index is 0.921. The molecule has 3 heteroatoms. The van der Waals surface area contributed by atoms with Crippen molar-refractivity contribution in [2.75, 3.05) is 11.9 Å². The smallest absolute Gasteiger partial charge is 0.0522 e. The Hall–Kier alpha value is -2.29. The molecule has 0 saturated carbocycles. The topological polar surface area (TPSA) is 29.9 Å². The lowest BCUT2D eigenvalue weighted by Gasteiger charge is -2.06. The molecule has 3 aromatic rings. The first-order valence-corrected chi connectivity index (χ1v) is 6.51. The van der Waals surface area contributed by atoms with E-state index in [2.05, 4.69) is 59.1 Å². The molecule has 1 heterocycles. The van der Waals surface area contributed by atoms with E-state index in [0.717, 1.165) is 13.0 Å². The summed E-state index contributed by atoms with van der Waals surface area (Å²) in [5, 5.41) is 10.2. The Morgan fingerprint density at radius 3 is 2.74 bits per heavy atom. The summed E-state index contributed by atoms with van der Waals surface area (Å²) in [4.78, 5) is 0. The second-order valence-corrected chi connectivity index (χ2v) is 4.76. The summed E-state index contributed by atoms with van der Waals surface area (Å²) < 4.78 is 1.84. The fraction of sp³-hybridized carbons (Fsp3) is 0.188. The van der Waals surface area contributed by atoms with Crippen LogP contribution >= 0.6 is 0 Å². The summed E-state index contributed by atoms with van der Waals surface area (Å²) in [6.45, 7) is 0.921. The largest absolute Gasteiger partial charge is 0.385 e. The Balaban J connectivity index is 1.65. The fourth-order valence-electron chi connectivity index (χ4n) is 2.25. The average Bonchev–Trinajstić information content (AvgIpc) is 2.84. The first-order valence-electron chi connectivity index (χ1n) is 6.51. The van der Waals surface area contributed by atoms with Crippen molar-refractivity contribution >= 4 is 16.5 Å². The van der Waals surface area contributed by atoms with Crippen molar-refractivity contribution in [1.82, 2.24) is 9.78 Å². The molecule has 3 nitrogen and oxygen atoms in total. The van der Waals surface area contributed by atoms with E-state index >= 15 is 0 Å². The fourth-order valence-corrected chi connectivity index (χ4v) is 2.25. The van der Waals surface area contributed by atoms with Gasteiger partial charge in [0, 0.05) is 25.5 Å². The number of aromatic nitrogens is 2. The number of fused-ring (bicyclic) bond motifs is 1. The molecule has 96 valence electrons. The average molecular weight is 251 g/mol. The highest BCUT2D eigenvalue weighted by Gasteiger charge is 1.98. The maximum absolute atomic E-state index is 4.17. The predicted molar refractivity (Wildman–Crippen MR) is 79.3 cm³/mol. The minimum Gasteiger partial charge on any atom is -0.385 e. The molecule has 0 unspecified atom stereocenters. The van der Waals surface area contributed by atoms with E-state index < -0.39 is 0 Å². The SMILES string of the molecule is Cn1cc(CCNc2ccc3ccccc3c2)cn1. The highest BCUT2D eigenvalue weighted by atomic mass is 15.2. The number of hydrogen-bond donors (Lipinski definition) is 1. The van der Waals surface area contributed by atoms with Crippen molar-refractivity contribution in [2.24, 2.45) is 7.05 Å². The Bertz CT molecular complexity index is 685. The highest BCUT2D eigenvalue weighted by molar-refractivity contribution is 5.85. The number of anilines is 1. The van der Waals surface area contributed by atoms with Crippen LogP contribution < -0.4 is 5.32 Å². The van der Waals surface area contributed by atoms with E-state index in [-0.39, 0.29) is 0 Å². The van der Waals surface area contributed by atoms with Gasteiger partial charge in [-0.2, -0.15) is 5.10 Å². The Labute approximate surface area is 112 Å². The maximum Gasteiger partial charge on any atom is 0.0522 e. The van der Waals surface area contributed by atoms with Crippen molar-refractivity contribution in [1.29, 1.82) is 0 Å². The van der Waals surface area contributed by atoms with E-state index in [0.29, 0.717) is 0 Å². The van der Waals surface area contributed by atoms with E-state index in [4.69, 9.17) is 0 Å². The number of nitrogens with one attached hydrogen (secondary N) is 1. The van der Waals surface area contributed by atoms with Crippen LogP contribution in [-0.2, 0) is 13.5 Å². The summed E-state index contributed by atoms with van der Waals surface area (Å²) >= 11 is 0. The van der Waals surface area contributed by atoms with Gasteiger partial charge in [0.25, 0.3) is 0 Å². The number of nitrogens with zero attached hydrogens (tertiary/aromatic N) is 2. The number of benzene rings is 2. The van der Waals surface area contributed by atoms with Crippen LogP contribution in [0.2, 0.25) is 0 Å². The quantitative estimate of drug-likeness (QED) is 0.771. The van der Waals surface area contributed by atoms with Gasteiger partial charge in [0.1, 0.15) is 0 Å². The van der Waals surface area contributed by atoms with Crippen LogP contribution in [-0.4, -0.2) is 16.3 Å². The molecule has 0 bridgehead atoms. The molecule has 0 amide bonds. The molecule has 0 aliphatic rings. The standard InChI is InChI=1S/C16H17N3/c1-19-12-13(11-18-19)8-9-17-16-7-6-14-4-2-3-5-15(14)10-16/h2-7,10-12,17H,8-9H2,1H3. The van der Waals surface area contributed by atoms with Crippen molar-refractivity contribution in [3.05, 3.63) is 60.4 Å². The molecule has 0 spiro atoms. The Morgan fingerprint density at radius 2 is 1.95 bits per heavy atom. The lowest BCUT2D eigenvalue weighted by Crippen LogP contribution is -2.04. The molecule has 3 rings (SSSR count).